The lowest BCUT2D eigenvalue weighted by molar-refractivity contribution is 0.0947. The van der Waals surface area contributed by atoms with Crippen LogP contribution in [0, 0.1) is 0 Å². The van der Waals surface area contributed by atoms with Crippen molar-refractivity contribution in [2.45, 2.75) is 27.1 Å². The molecular weight excluding hydrogens is 564 g/mol. The van der Waals surface area contributed by atoms with E-state index in [1.54, 1.807) is 36.7 Å². The van der Waals surface area contributed by atoms with Gasteiger partial charge in [-0.3, -0.25) is 9.59 Å². The first-order valence-corrected chi connectivity index (χ1v) is 14.8. The molecule has 0 aliphatic heterocycles. The molecule has 0 radical (unpaired) electrons. The maximum atomic E-state index is 12.6. The fourth-order valence-corrected chi connectivity index (χ4v) is 4.12. The molecule has 0 aliphatic carbocycles. The van der Waals surface area contributed by atoms with Crippen LogP contribution in [0.25, 0.3) is 0 Å². The van der Waals surface area contributed by atoms with Crippen molar-refractivity contribution < 1.29 is 14.3 Å². The third kappa shape index (κ3) is 11.1. The van der Waals surface area contributed by atoms with Crippen molar-refractivity contribution in [3.05, 3.63) is 130 Å². The van der Waals surface area contributed by atoms with Crippen molar-refractivity contribution in [3.63, 3.8) is 0 Å². The lowest BCUT2D eigenvalue weighted by atomic mass is 10.1. The third-order valence-electron chi connectivity index (χ3n) is 6.47. The molecule has 0 heterocycles. The Kier molecular flexibility index (Phi) is 13.5. The maximum absolute atomic E-state index is 12.6. The Morgan fingerprint density at radius 3 is 1.47 bits per heavy atom. The van der Waals surface area contributed by atoms with Crippen molar-refractivity contribution in [1.29, 1.82) is 0 Å². The van der Waals surface area contributed by atoms with Gasteiger partial charge in [0.05, 0.1) is 25.6 Å². The van der Waals surface area contributed by atoms with E-state index in [9.17, 15) is 9.59 Å². The largest absolute Gasteiger partial charge is 0.378 e. The minimum atomic E-state index is -0.313. The van der Waals surface area contributed by atoms with E-state index in [0.29, 0.717) is 24.3 Å². The zero-order valence-electron chi connectivity index (χ0n) is 26.8. The van der Waals surface area contributed by atoms with Crippen molar-refractivity contribution in [3.8, 4) is 0 Å². The summed E-state index contributed by atoms with van der Waals surface area (Å²) < 4.78 is 5.93. The summed E-state index contributed by atoms with van der Waals surface area (Å²) >= 11 is 0. The molecule has 0 fully saturated rings. The van der Waals surface area contributed by atoms with E-state index >= 15 is 0 Å². The highest BCUT2D eigenvalue weighted by molar-refractivity contribution is 5.96. The minimum absolute atomic E-state index is 0.313. The second kappa shape index (κ2) is 17.7. The number of nitrogens with one attached hydrogen (secondary N) is 2. The Hall–Kier alpha value is -5.28. The number of nitrogens with zero attached hydrogens (tertiary/aromatic N) is 4. The number of ether oxygens (including phenoxy) is 1. The van der Waals surface area contributed by atoms with Gasteiger partial charge in [-0.2, -0.15) is 10.2 Å². The SMILES string of the molecule is CC.CN(C)c1ccc(C(=O)N/N=C/c2cc(/C=N/NC(=O)c3ccc(N(C)C)cc3)cc(COCc3ccccc3)c2)cc1. The number of amides is 2. The highest BCUT2D eigenvalue weighted by atomic mass is 16.5. The summed E-state index contributed by atoms with van der Waals surface area (Å²) in [7, 11) is 7.77. The van der Waals surface area contributed by atoms with Gasteiger partial charge in [-0.1, -0.05) is 44.2 Å². The van der Waals surface area contributed by atoms with E-state index in [1.165, 1.54) is 0 Å². The molecule has 0 bridgehead atoms. The van der Waals surface area contributed by atoms with Crippen molar-refractivity contribution in [1.82, 2.24) is 10.9 Å². The van der Waals surface area contributed by atoms with Gasteiger partial charge in [-0.15, -0.1) is 0 Å². The highest BCUT2D eigenvalue weighted by Crippen LogP contribution is 2.14. The van der Waals surface area contributed by atoms with E-state index in [4.69, 9.17) is 4.74 Å². The van der Waals surface area contributed by atoms with Crippen LogP contribution in [0.3, 0.4) is 0 Å². The summed E-state index contributed by atoms with van der Waals surface area (Å²) in [5.74, 6) is -0.626. The van der Waals surface area contributed by atoms with Crippen LogP contribution in [0.5, 0.6) is 0 Å². The third-order valence-corrected chi connectivity index (χ3v) is 6.47. The molecular formula is C36H42N6O3. The molecule has 4 aromatic carbocycles. The minimum Gasteiger partial charge on any atom is -0.378 e. The van der Waals surface area contributed by atoms with Crippen molar-refractivity contribution >= 4 is 35.6 Å². The van der Waals surface area contributed by atoms with Gasteiger partial charge in [0.15, 0.2) is 0 Å². The standard InChI is InChI=1S/C34H36N6O3.C2H6/c1-39(2)31-14-10-29(11-15-31)33(41)37-35-21-26-18-27(20-28(19-26)24-43-23-25-8-6-5-7-9-25)22-36-38-34(42)30-12-16-32(17-13-30)40(3)4;1-2/h5-22H,23-24H2,1-4H3,(H,37,41)(H,38,42);1-2H3/b35-21+,36-22+;. The molecule has 9 nitrogen and oxygen atoms in total. The first-order valence-electron chi connectivity index (χ1n) is 14.8. The number of benzene rings is 4. The monoisotopic (exact) mass is 606 g/mol. The number of carbonyl (C=O) groups is 2. The van der Waals surface area contributed by atoms with Gasteiger partial charge in [0.25, 0.3) is 11.8 Å². The van der Waals surface area contributed by atoms with E-state index in [-0.39, 0.29) is 11.8 Å². The average Bonchev–Trinajstić information content (AvgIpc) is 3.06. The molecule has 0 aromatic heterocycles. The van der Waals surface area contributed by atoms with Gasteiger partial charge in [-0.25, -0.2) is 10.9 Å². The van der Waals surface area contributed by atoms with Crippen LogP contribution in [0.1, 0.15) is 56.8 Å². The summed E-state index contributed by atoms with van der Waals surface area (Å²) in [4.78, 5) is 29.1. The molecule has 4 aromatic rings. The van der Waals surface area contributed by atoms with Crippen LogP contribution < -0.4 is 20.7 Å². The maximum Gasteiger partial charge on any atom is 0.271 e. The molecule has 0 saturated carbocycles. The summed E-state index contributed by atoms with van der Waals surface area (Å²) in [6.07, 6.45) is 3.13. The summed E-state index contributed by atoms with van der Waals surface area (Å²) in [5, 5.41) is 8.32. The molecule has 0 saturated heterocycles. The molecule has 0 unspecified atom stereocenters. The van der Waals surface area contributed by atoms with Crippen molar-refractivity contribution in [2.75, 3.05) is 38.0 Å². The molecule has 234 valence electrons. The molecule has 0 atom stereocenters. The second-order valence-electron chi connectivity index (χ2n) is 10.3. The van der Waals surface area contributed by atoms with Crippen LogP contribution in [0.2, 0.25) is 0 Å². The van der Waals surface area contributed by atoms with Crippen LogP contribution in [0.15, 0.2) is 107 Å². The zero-order chi connectivity index (χ0) is 32.6. The van der Waals surface area contributed by atoms with Crippen LogP contribution in [-0.4, -0.2) is 52.4 Å². The molecule has 2 N–H and O–H groups in total. The number of rotatable bonds is 12. The fourth-order valence-electron chi connectivity index (χ4n) is 4.12. The quantitative estimate of drug-likeness (QED) is 0.150. The van der Waals surface area contributed by atoms with Gasteiger partial charge in [0, 0.05) is 50.7 Å². The summed E-state index contributed by atoms with van der Waals surface area (Å²) in [5.41, 5.74) is 11.6. The first-order chi connectivity index (χ1) is 21.8. The lowest BCUT2D eigenvalue weighted by Gasteiger charge is -2.12. The van der Waals surface area contributed by atoms with E-state index in [0.717, 1.165) is 33.6 Å². The zero-order valence-corrected chi connectivity index (χ0v) is 26.8. The molecule has 45 heavy (non-hydrogen) atoms. The van der Waals surface area contributed by atoms with Crippen LogP contribution in [-0.2, 0) is 18.0 Å². The predicted octanol–water partition coefficient (Wildman–Crippen LogP) is 6.09. The smallest absolute Gasteiger partial charge is 0.271 e. The number of carbonyl (C=O) groups excluding carboxylic acids is 2. The summed E-state index contributed by atoms with van der Waals surface area (Å²) in [6.45, 7) is 4.82. The lowest BCUT2D eigenvalue weighted by Crippen LogP contribution is -2.18. The second-order valence-corrected chi connectivity index (χ2v) is 10.3. The van der Waals surface area contributed by atoms with E-state index < -0.39 is 0 Å². The Balaban J connectivity index is 0.00000271. The van der Waals surface area contributed by atoms with Gasteiger partial charge < -0.3 is 14.5 Å². The molecule has 2 amide bonds. The normalized spacial score (nSPS) is 10.7. The van der Waals surface area contributed by atoms with Crippen LogP contribution >= 0.6 is 0 Å². The van der Waals surface area contributed by atoms with Gasteiger partial charge in [-0.05, 0) is 89.0 Å². The fraction of sp³-hybridized carbons (Fsp3) is 0.222. The first kappa shape index (κ1) is 34.2. The Bertz CT molecular complexity index is 1470. The molecule has 9 heteroatoms. The number of hydrogen-bond acceptors (Lipinski definition) is 7. The average molecular weight is 607 g/mol. The van der Waals surface area contributed by atoms with Gasteiger partial charge in [0.2, 0.25) is 0 Å². The van der Waals surface area contributed by atoms with Gasteiger partial charge >= 0.3 is 0 Å². The van der Waals surface area contributed by atoms with E-state index in [2.05, 4.69) is 21.1 Å². The Morgan fingerprint density at radius 2 is 1.04 bits per heavy atom. The predicted molar refractivity (Wildman–Crippen MR) is 184 cm³/mol. The number of hydrogen-bond donors (Lipinski definition) is 2. The van der Waals surface area contributed by atoms with Gasteiger partial charge in [0.1, 0.15) is 0 Å². The van der Waals surface area contributed by atoms with Crippen molar-refractivity contribution in [2.24, 2.45) is 10.2 Å². The van der Waals surface area contributed by atoms with Crippen LogP contribution in [0.4, 0.5) is 11.4 Å². The topological polar surface area (TPSA) is 98.6 Å². The number of hydrazone groups is 2. The molecule has 0 aliphatic rings. The molecule has 0 spiro atoms. The summed E-state index contributed by atoms with van der Waals surface area (Å²) in [6, 6.07) is 30.1. The highest BCUT2D eigenvalue weighted by Gasteiger charge is 2.07. The number of anilines is 2. The van der Waals surface area contributed by atoms with E-state index in [1.807, 2.05) is 125 Å². The Labute approximate surface area is 266 Å². The Morgan fingerprint density at radius 1 is 0.622 bits per heavy atom. The molecule has 4 rings (SSSR count).